The average molecular weight is 368 g/mol. The van der Waals surface area contributed by atoms with Gasteiger partial charge in [0, 0.05) is 43.4 Å². The van der Waals surface area contributed by atoms with Gasteiger partial charge in [0.25, 0.3) is 0 Å². The van der Waals surface area contributed by atoms with Crippen LogP contribution in [0.3, 0.4) is 0 Å². The highest BCUT2D eigenvalue weighted by Gasteiger charge is 2.34. The van der Waals surface area contributed by atoms with Crippen LogP contribution in [-0.2, 0) is 16.1 Å². The molecule has 1 aliphatic rings. The second-order valence-corrected chi connectivity index (χ2v) is 6.75. The fourth-order valence-corrected chi connectivity index (χ4v) is 3.14. The molecule has 27 heavy (non-hydrogen) atoms. The first-order chi connectivity index (χ1) is 13.0. The van der Waals surface area contributed by atoms with Gasteiger partial charge in [0.2, 0.25) is 11.8 Å². The van der Waals surface area contributed by atoms with Crippen LogP contribution in [0.4, 0.5) is 5.69 Å². The Morgan fingerprint density at radius 2 is 1.74 bits per heavy atom. The van der Waals surface area contributed by atoms with E-state index in [2.05, 4.69) is 5.32 Å². The van der Waals surface area contributed by atoms with Gasteiger partial charge >= 0.3 is 0 Å². The predicted molar refractivity (Wildman–Crippen MR) is 103 cm³/mol. The minimum absolute atomic E-state index is 0.000974. The van der Waals surface area contributed by atoms with Gasteiger partial charge < -0.3 is 19.7 Å². The summed E-state index contributed by atoms with van der Waals surface area (Å²) in [5, 5.41) is 2.87. The fourth-order valence-electron chi connectivity index (χ4n) is 3.14. The molecule has 0 aromatic heterocycles. The van der Waals surface area contributed by atoms with Gasteiger partial charge in [0.1, 0.15) is 11.5 Å². The molecule has 0 bridgehead atoms. The van der Waals surface area contributed by atoms with Crippen LogP contribution in [-0.4, -0.2) is 37.5 Å². The van der Waals surface area contributed by atoms with E-state index in [0.29, 0.717) is 30.3 Å². The predicted octanol–water partition coefficient (Wildman–Crippen LogP) is 3.00. The zero-order chi connectivity index (χ0) is 19.4. The van der Waals surface area contributed by atoms with Crippen LogP contribution in [0.15, 0.2) is 42.5 Å². The Balaban J connectivity index is 1.64. The summed E-state index contributed by atoms with van der Waals surface area (Å²) in [7, 11) is 3.11. The Bertz CT molecular complexity index is 810. The number of nitrogens with one attached hydrogen (secondary N) is 1. The van der Waals surface area contributed by atoms with Crippen molar-refractivity contribution in [1.82, 2.24) is 4.90 Å². The van der Waals surface area contributed by atoms with E-state index >= 15 is 0 Å². The highest BCUT2D eigenvalue weighted by molar-refractivity contribution is 5.97. The molecule has 1 N–H and O–H groups in total. The largest absolute Gasteiger partial charge is 0.497 e. The first-order valence-electron chi connectivity index (χ1n) is 8.85. The first-order valence-corrected chi connectivity index (χ1v) is 8.85. The van der Waals surface area contributed by atoms with E-state index in [1.54, 1.807) is 37.3 Å². The molecule has 2 amide bonds. The summed E-state index contributed by atoms with van der Waals surface area (Å²) < 4.78 is 10.4. The number of benzene rings is 2. The monoisotopic (exact) mass is 368 g/mol. The quantitative estimate of drug-likeness (QED) is 0.851. The fraction of sp³-hybridized carbons (Fsp3) is 0.333. The third-order valence-corrected chi connectivity index (χ3v) is 4.70. The summed E-state index contributed by atoms with van der Waals surface area (Å²) in [4.78, 5) is 26.7. The number of anilines is 1. The van der Waals surface area contributed by atoms with E-state index in [4.69, 9.17) is 9.47 Å². The van der Waals surface area contributed by atoms with Crippen LogP contribution in [0.25, 0.3) is 0 Å². The van der Waals surface area contributed by atoms with Crippen LogP contribution in [0.2, 0.25) is 0 Å². The topological polar surface area (TPSA) is 67.9 Å². The zero-order valence-corrected chi connectivity index (χ0v) is 15.8. The highest BCUT2D eigenvalue weighted by atomic mass is 16.5. The van der Waals surface area contributed by atoms with Crippen LogP contribution >= 0.6 is 0 Å². The number of aryl methyl sites for hydroxylation is 1. The lowest BCUT2D eigenvalue weighted by molar-refractivity contribution is -0.128. The van der Waals surface area contributed by atoms with Crippen LogP contribution in [0.5, 0.6) is 11.5 Å². The van der Waals surface area contributed by atoms with Crippen molar-refractivity contribution in [3.8, 4) is 11.5 Å². The molecular weight excluding hydrogens is 344 g/mol. The lowest BCUT2D eigenvalue weighted by atomic mass is 10.1. The maximum absolute atomic E-state index is 12.6. The number of carbonyl (C=O) groups excluding carboxylic acids is 2. The number of amides is 2. The average Bonchev–Trinajstić information content (AvgIpc) is 3.04. The molecule has 3 rings (SSSR count). The number of rotatable bonds is 6. The standard InChI is InChI=1S/C21H24N2O4/c1-14-4-6-15(7-5-14)12-23-13-16(8-20(23)24)21(25)22-17-9-18(26-2)11-19(10-17)27-3/h4-7,9-11,16H,8,12-13H2,1-3H3,(H,22,25). The Morgan fingerprint density at radius 3 is 2.33 bits per heavy atom. The molecule has 0 radical (unpaired) electrons. The van der Waals surface area contributed by atoms with Crippen molar-refractivity contribution in [2.45, 2.75) is 19.9 Å². The van der Waals surface area contributed by atoms with E-state index in [1.807, 2.05) is 31.2 Å². The van der Waals surface area contributed by atoms with Gasteiger partial charge in [-0.3, -0.25) is 9.59 Å². The highest BCUT2D eigenvalue weighted by Crippen LogP contribution is 2.27. The molecule has 1 unspecified atom stereocenters. The van der Waals surface area contributed by atoms with E-state index in [-0.39, 0.29) is 24.2 Å². The van der Waals surface area contributed by atoms with Gasteiger partial charge in [-0.2, -0.15) is 0 Å². The summed E-state index contributed by atoms with van der Waals surface area (Å²) in [5.41, 5.74) is 2.82. The minimum atomic E-state index is -0.375. The molecule has 0 aliphatic carbocycles. The van der Waals surface area contributed by atoms with Crippen molar-refractivity contribution in [3.05, 3.63) is 53.6 Å². The number of nitrogens with zero attached hydrogens (tertiary/aromatic N) is 1. The summed E-state index contributed by atoms with van der Waals surface area (Å²) in [6.45, 7) is 2.97. The van der Waals surface area contributed by atoms with Gasteiger partial charge in [0.05, 0.1) is 20.1 Å². The van der Waals surface area contributed by atoms with Gasteiger partial charge in [-0.15, -0.1) is 0 Å². The lowest BCUT2D eigenvalue weighted by Crippen LogP contribution is -2.28. The molecule has 1 atom stereocenters. The second-order valence-electron chi connectivity index (χ2n) is 6.75. The molecule has 6 nitrogen and oxygen atoms in total. The van der Waals surface area contributed by atoms with Gasteiger partial charge in [0.15, 0.2) is 0 Å². The van der Waals surface area contributed by atoms with Crippen LogP contribution in [0, 0.1) is 12.8 Å². The molecule has 6 heteroatoms. The third-order valence-electron chi connectivity index (χ3n) is 4.70. The van der Waals surface area contributed by atoms with Crippen molar-refractivity contribution in [3.63, 3.8) is 0 Å². The Kier molecular flexibility index (Phi) is 5.64. The number of carbonyl (C=O) groups is 2. The molecule has 0 spiro atoms. The molecular formula is C21H24N2O4. The maximum Gasteiger partial charge on any atom is 0.229 e. The number of methoxy groups -OCH3 is 2. The maximum atomic E-state index is 12.6. The zero-order valence-electron chi connectivity index (χ0n) is 15.8. The van der Waals surface area contributed by atoms with Crippen molar-refractivity contribution in [2.24, 2.45) is 5.92 Å². The van der Waals surface area contributed by atoms with E-state index in [1.165, 1.54) is 5.56 Å². The minimum Gasteiger partial charge on any atom is -0.497 e. The molecule has 2 aromatic rings. The Hall–Kier alpha value is -3.02. The van der Waals surface area contributed by atoms with Crippen molar-refractivity contribution in [2.75, 3.05) is 26.1 Å². The molecule has 142 valence electrons. The van der Waals surface area contributed by atoms with Crippen molar-refractivity contribution >= 4 is 17.5 Å². The van der Waals surface area contributed by atoms with Crippen LogP contribution in [0.1, 0.15) is 17.5 Å². The Morgan fingerprint density at radius 1 is 1.11 bits per heavy atom. The summed E-state index contributed by atoms with van der Waals surface area (Å²) >= 11 is 0. The van der Waals surface area contributed by atoms with Gasteiger partial charge in [-0.05, 0) is 12.5 Å². The molecule has 1 heterocycles. The normalized spacial score (nSPS) is 16.3. The number of hydrogen-bond acceptors (Lipinski definition) is 4. The molecule has 2 aromatic carbocycles. The van der Waals surface area contributed by atoms with Crippen LogP contribution < -0.4 is 14.8 Å². The Labute approximate surface area is 159 Å². The number of likely N-dealkylation sites (tertiary alicyclic amines) is 1. The smallest absolute Gasteiger partial charge is 0.229 e. The van der Waals surface area contributed by atoms with Gasteiger partial charge in [-0.1, -0.05) is 29.8 Å². The molecule has 0 saturated carbocycles. The number of hydrogen-bond donors (Lipinski definition) is 1. The van der Waals surface area contributed by atoms with Crippen molar-refractivity contribution < 1.29 is 19.1 Å². The van der Waals surface area contributed by atoms with E-state index < -0.39 is 0 Å². The molecule has 1 saturated heterocycles. The first kappa shape index (κ1) is 18.8. The van der Waals surface area contributed by atoms with E-state index in [9.17, 15) is 9.59 Å². The third kappa shape index (κ3) is 4.58. The van der Waals surface area contributed by atoms with E-state index in [0.717, 1.165) is 5.56 Å². The van der Waals surface area contributed by atoms with Gasteiger partial charge in [-0.25, -0.2) is 0 Å². The lowest BCUT2D eigenvalue weighted by Gasteiger charge is -2.17. The summed E-state index contributed by atoms with van der Waals surface area (Å²) in [6, 6.07) is 13.3. The number of ether oxygens (including phenoxy) is 2. The molecule has 1 fully saturated rings. The van der Waals surface area contributed by atoms with Crippen molar-refractivity contribution in [1.29, 1.82) is 0 Å². The summed E-state index contributed by atoms with van der Waals surface area (Å²) in [6.07, 6.45) is 0.221. The molecule has 1 aliphatic heterocycles. The second kappa shape index (κ2) is 8.12. The SMILES string of the molecule is COc1cc(NC(=O)C2CC(=O)N(Cc3ccc(C)cc3)C2)cc(OC)c1. The summed E-state index contributed by atoms with van der Waals surface area (Å²) in [5.74, 6) is 0.630.